The van der Waals surface area contributed by atoms with Gasteiger partial charge in [-0.1, -0.05) is 12.1 Å². The van der Waals surface area contributed by atoms with E-state index in [1.165, 1.54) is 30.3 Å². The molecule has 1 aliphatic heterocycles. The first-order chi connectivity index (χ1) is 18.4. The molecule has 1 saturated heterocycles. The van der Waals surface area contributed by atoms with Crippen LogP contribution in [0.1, 0.15) is 30.1 Å². The standard InChI is InChI=1S/C29H25F6N3O/c1-15-8-17(10-18(30)9-15)23-14-37-25-3-2-16(11-22(25)27(23)38-6-4-20(36)5-7-38)21-12-19(31)13-24(32)26(21)28(39)29(33,34)35/h2-3,8-14,20,28,39H,4-7,36H2,1H3. The number of nitrogens with zero attached hydrogens (tertiary/aromatic N) is 2. The molecule has 1 aromatic heterocycles. The van der Waals surface area contributed by atoms with E-state index in [1.54, 1.807) is 19.2 Å². The van der Waals surface area contributed by atoms with Crippen LogP contribution in [0.4, 0.5) is 32.0 Å². The Bertz CT molecular complexity index is 1530. The van der Waals surface area contributed by atoms with Gasteiger partial charge < -0.3 is 15.7 Å². The lowest BCUT2D eigenvalue weighted by molar-refractivity contribution is -0.207. The molecule has 5 rings (SSSR count). The summed E-state index contributed by atoms with van der Waals surface area (Å²) in [5.41, 5.74) is 7.65. The minimum Gasteiger partial charge on any atom is -0.379 e. The highest BCUT2D eigenvalue weighted by atomic mass is 19.4. The van der Waals surface area contributed by atoms with Gasteiger partial charge in [-0.15, -0.1) is 0 Å². The van der Waals surface area contributed by atoms with Gasteiger partial charge in [-0.25, -0.2) is 13.2 Å². The van der Waals surface area contributed by atoms with Crippen molar-refractivity contribution >= 4 is 16.6 Å². The highest BCUT2D eigenvalue weighted by molar-refractivity contribution is 6.02. The Morgan fingerprint density at radius 2 is 1.62 bits per heavy atom. The molecule has 204 valence electrons. The quantitative estimate of drug-likeness (QED) is 0.277. The average molecular weight is 546 g/mol. The van der Waals surface area contributed by atoms with Crippen LogP contribution in [0.15, 0.2) is 54.7 Å². The maximum atomic E-state index is 14.7. The van der Waals surface area contributed by atoms with E-state index >= 15 is 0 Å². The van der Waals surface area contributed by atoms with Crippen molar-refractivity contribution < 1.29 is 31.4 Å². The van der Waals surface area contributed by atoms with E-state index in [0.29, 0.717) is 65.3 Å². The number of benzene rings is 3. The molecule has 0 amide bonds. The lowest BCUT2D eigenvalue weighted by Gasteiger charge is -2.34. The molecule has 0 bridgehead atoms. The molecule has 3 aromatic carbocycles. The Hall–Kier alpha value is -3.63. The third-order valence-corrected chi connectivity index (χ3v) is 7.04. The highest BCUT2D eigenvalue weighted by Gasteiger charge is 2.42. The van der Waals surface area contributed by atoms with E-state index in [4.69, 9.17) is 5.73 Å². The van der Waals surface area contributed by atoms with E-state index in [-0.39, 0.29) is 11.6 Å². The molecule has 0 spiro atoms. The number of nitrogens with two attached hydrogens (primary N) is 1. The number of aryl methyl sites for hydroxylation is 1. The molecule has 1 aliphatic rings. The van der Waals surface area contributed by atoms with Crippen molar-refractivity contribution in [1.82, 2.24) is 4.98 Å². The van der Waals surface area contributed by atoms with Gasteiger partial charge in [-0.05, 0) is 72.4 Å². The molecule has 2 heterocycles. The molecule has 1 atom stereocenters. The lowest BCUT2D eigenvalue weighted by Crippen LogP contribution is -2.40. The summed E-state index contributed by atoms with van der Waals surface area (Å²) in [4.78, 5) is 6.56. The molecule has 39 heavy (non-hydrogen) atoms. The van der Waals surface area contributed by atoms with Gasteiger partial charge in [0.15, 0.2) is 6.10 Å². The Labute approximate surface area is 220 Å². The number of anilines is 1. The number of aliphatic hydroxyl groups is 1. The van der Waals surface area contributed by atoms with E-state index in [2.05, 4.69) is 9.88 Å². The number of aromatic nitrogens is 1. The second-order valence-electron chi connectivity index (χ2n) is 9.89. The zero-order valence-electron chi connectivity index (χ0n) is 20.9. The number of halogens is 6. The third kappa shape index (κ3) is 5.31. The number of hydrogen-bond acceptors (Lipinski definition) is 4. The molecular formula is C29H25F6N3O. The van der Waals surface area contributed by atoms with E-state index < -0.39 is 40.9 Å². The summed E-state index contributed by atoms with van der Waals surface area (Å²) in [6.45, 7) is 2.89. The summed E-state index contributed by atoms with van der Waals surface area (Å²) in [5, 5.41) is 10.5. The fourth-order valence-corrected chi connectivity index (χ4v) is 5.18. The summed E-state index contributed by atoms with van der Waals surface area (Å²) < 4.78 is 83.7. The van der Waals surface area contributed by atoms with E-state index in [0.717, 1.165) is 6.07 Å². The monoisotopic (exact) mass is 545 g/mol. The van der Waals surface area contributed by atoms with Crippen LogP contribution in [0.3, 0.4) is 0 Å². The van der Waals surface area contributed by atoms with E-state index in [9.17, 15) is 31.4 Å². The van der Waals surface area contributed by atoms with Crippen molar-refractivity contribution in [3.8, 4) is 22.3 Å². The van der Waals surface area contributed by atoms with Crippen LogP contribution in [0.2, 0.25) is 0 Å². The van der Waals surface area contributed by atoms with Gasteiger partial charge in [-0.2, -0.15) is 13.2 Å². The molecule has 10 heteroatoms. The van der Waals surface area contributed by atoms with Crippen LogP contribution in [0, 0.1) is 24.4 Å². The molecule has 0 radical (unpaired) electrons. The maximum Gasteiger partial charge on any atom is 0.418 e. The van der Waals surface area contributed by atoms with Crippen LogP contribution in [0.5, 0.6) is 0 Å². The molecule has 3 N–H and O–H groups in total. The first-order valence-corrected chi connectivity index (χ1v) is 12.4. The molecule has 4 nitrogen and oxygen atoms in total. The number of rotatable bonds is 4. The predicted octanol–water partition coefficient (Wildman–Crippen LogP) is 6.82. The minimum atomic E-state index is -5.17. The van der Waals surface area contributed by atoms with Crippen LogP contribution >= 0.6 is 0 Å². The molecule has 0 saturated carbocycles. The van der Waals surface area contributed by atoms with Crippen LogP contribution < -0.4 is 10.6 Å². The molecule has 1 unspecified atom stereocenters. The normalized spacial score (nSPS) is 15.7. The fraction of sp³-hybridized carbons (Fsp3) is 0.276. The summed E-state index contributed by atoms with van der Waals surface area (Å²) in [6, 6.07) is 10.1. The SMILES string of the molecule is Cc1cc(F)cc(-c2cnc3ccc(-c4cc(F)cc(F)c4C(O)C(F)(F)F)cc3c2N2CCC(N)CC2)c1. The minimum absolute atomic E-state index is 0.00598. The first-order valence-electron chi connectivity index (χ1n) is 12.4. The van der Waals surface area contributed by atoms with Crippen molar-refractivity contribution in [3.05, 3.63) is 83.3 Å². The van der Waals surface area contributed by atoms with Crippen molar-refractivity contribution in [2.75, 3.05) is 18.0 Å². The Balaban J connectivity index is 1.78. The number of piperidine rings is 1. The maximum absolute atomic E-state index is 14.7. The fourth-order valence-electron chi connectivity index (χ4n) is 5.18. The first kappa shape index (κ1) is 27.0. The van der Waals surface area contributed by atoms with Crippen molar-refractivity contribution in [2.24, 2.45) is 5.73 Å². The van der Waals surface area contributed by atoms with Gasteiger partial charge >= 0.3 is 6.18 Å². The smallest absolute Gasteiger partial charge is 0.379 e. The number of pyridine rings is 1. The number of hydrogen-bond donors (Lipinski definition) is 2. The summed E-state index contributed by atoms with van der Waals surface area (Å²) in [6.07, 6.45) is -5.36. The van der Waals surface area contributed by atoms with Crippen molar-refractivity contribution in [1.29, 1.82) is 0 Å². The topological polar surface area (TPSA) is 62.4 Å². The summed E-state index contributed by atoms with van der Waals surface area (Å²) in [7, 11) is 0. The van der Waals surface area contributed by atoms with Crippen LogP contribution in [0.25, 0.3) is 33.2 Å². The van der Waals surface area contributed by atoms with Gasteiger partial charge in [0.05, 0.1) is 11.2 Å². The van der Waals surface area contributed by atoms with Gasteiger partial charge in [0, 0.05) is 47.9 Å². The number of alkyl halides is 3. The molecular weight excluding hydrogens is 520 g/mol. The van der Waals surface area contributed by atoms with Gasteiger partial charge in [0.25, 0.3) is 0 Å². The van der Waals surface area contributed by atoms with E-state index in [1.807, 2.05) is 0 Å². The lowest BCUT2D eigenvalue weighted by atomic mass is 9.92. The highest BCUT2D eigenvalue weighted by Crippen LogP contribution is 2.43. The third-order valence-electron chi connectivity index (χ3n) is 7.04. The molecule has 4 aromatic rings. The van der Waals surface area contributed by atoms with Gasteiger partial charge in [0.1, 0.15) is 17.5 Å². The Kier molecular flexibility index (Phi) is 7.02. The molecule has 1 fully saturated rings. The summed E-state index contributed by atoms with van der Waals surface area (Å²) >= 11 is 0. The van der Waals surface area contributed by atoms with Crippen molar-refractivity contribution in [3.63, 3.8) is 0 Å². The zero-order valence-corrected chi connectivity index (χ0v) is 20.9. The predicted molar refractivity (Wildman–Crippen MR) is 138 cm³/mol. The Morgan fingerprint density at radius 1 is 0.923 bits per heavy atom. The second kappa shape index (κ2) is 10.2. The second-order valence-corrected chi connectivity index (χ2v) is 9.89. The average Bonchev–Trinajstić information content (AvgIpc) is 2.86. The Morgan fingerprint density at radius 3 is 2.28 bits per heavy atom. The van der Waals surface area contributed by atoms with Gasteiger partial charge in [0.2, 0.25) is 0 Å². The van der Waals surface area contributed by atoms with Crippen molar-refractivity contribution in [2.45, 2.75) is 38.1 Å². The van der Waals surface area contributed by atoms with Gasteiger partial charge in [-0.3, -0.25) is 4.98 Å². The number of fused-ring (bicyclic) bond motifs is 1. The van der Waals surface area contributed by atoms with Crippen LogP contribution in [-0.2, 0) is 0 Å². The summed E-state index contributed by atoms with van der Waals surface area (Å²) in [5.74, 6) is -3.04. The number of aliphatic hydroxyl groups excluding tert-OH is 1. The largest absolute Gasteiger partial charge is 0.418 e. The molecule has 0 aliphatic carbocycles. The zero-order chi connectivity index (χ0) is 28.1. The van der Waals surface area contributed by atoms with Crippen LogP contribution in [-0.4, -0.2) is 35.4 Å².